The van der Waals surface area contributed by atoms with Crippen LogP contribution in [0.4, 0.5) is 11.4 Å². The molecular formula is C30H33N3O3S. The van der Waals surface area contributed by atoms with Gasteiger partial charge in [-0.05, 0) is 78.4 Å². The third-order valence-corrected chi connectivity index (χ3v) is 8.43. The van der Waals surface area contributed by atoms with Crippen molar-refractivity contribution in [2.75, 3.05) is 36.6 Å². The lowest BCUT2D eigenvalue weighted by molar-refractivity contribution is 0.0497. The maximum atomic E-state index is 13.3. The van der Waals surface area contributed by atoms with Crippen molar-refractivity contribution >= 4 is 38.8 Å². The molecule has 2 aliphatic heterocycles. The normalized spacial score (nSPS) is 16.1. The number of ether oxygens (including phenoxy) is 2. The number of fused-ring (bicyclic) bond motifs is 2. The highest BCUT2D eigenvalue weighted by atomic mass is 32.1. The summed E-state index contributed by atoms with van der Waals surface area (Å²) >= 11 is 1.66. The maximum absolute atomic E-state index is 13.3. The molecule has 6 rings (SSSR count). The van der Waals surface area contributed by atoms with Crippen LogP contribution in [-0.2, 0) is 24.8 Å². The minimum Gasteiger partial charge on any atom is -0.493 e. The minimum atomic E-state index is -0.0733. The quantitative estimate of drug-likeness (QED) is 0.316. The fourth-order valence-corrected chi connectivity index (χ4v) is 6.34. The summed E-state index contributed by atoms with van der Waals surface area (Å²) in [6.45, 7) is 4.19. The molecule has 0 atom stereocenters. The van der Waals surface area contributed by atoms with E-state index >= 15 is 0 Å². The number of aryl methyl sites for hydroxylation is 2. The van der Waals surface area contributed by atoms with E-state index in [9.17, 15) is 4.79 Å². The Labute approximate surface area is 221 Å². The van der Waals surface area contributed by atoms with Crippen LogP contribution >= 0.6 is 11.3 Å². The van der Waals surface area contributed by atoms with Crippen molar-refractivity contribution in [3.8, 4) is 5.75 Å². The zero-order chi connectivity index (χ0) is 25.2. The minimum absolute atomic E-state index is 0.0733. The molecule has 1 fully saturated rings. The summed E-state index contributed by atoms with van der Waals surface area (Å²) in [4.78, 5) is 15.7. The summed E-state index contributed by atoms with van der Waals surface area (Å²) < 4.78 is 14.6. The molecule has 0 unspecified atom stereocenters. The Morgan fingerprint density at radius 3 is 2.78 bits per heavy atom. The average molecular weight is 516 g/mol. The van der Waals surface area contributed by atoms with Crippen LogP contribution in [0.5, 0.6) is 5.75 Å². The molecule has 0 saturated carbocycles. The Kier molecular flexibility index (Phi) is 6.89. The van der Waals surface area contributed by atoms with Gasteiger partial charge in [0.15, 0.2) is 0 Å². The van der Waals surface area contributed by atoms with Crippen molar-refractivity contribution in [2.24, 2.45) is 13.0 Å². The number of benzene rings is 2. The molecule has 37 heavy (non-hydrogen) atoms. The second kappa shape index (κ2) is 10.6. The standard InChI is InChI=1S/C30H33N3O3S/c1-32-26-13-17-37-28(26)18-27(32)30(34)31-25-6-2-4-23-5-3-14-33(29(23)25)19-21-7-9-24(10-8-21)36-20-22-11-15-35-16-12-22/h2,4,6-10,13,17-18,22H,3,5,11-12,14-16,19-20H2,1H3,(H,31,34). The van der Waals surface area contributed by atoms with Gasteiger partial charge in [-0.15, -0.1) is 11.3 Å². The summed E-state index contributed by atoms with van der Waals surface area (Å²) in [5.41, 5.74) is 6.30. The van der Waals surface area contributed by atoms with E-state index in [2.05, 4.69) is 52.0 Å². The highest BCUT2D eigenvalue weighted by Gasteiger charge is 2.23. The zero-order valence-electron chi connectivity index (χ0n) is 21.2. The lowest BCUT2D eigenvalue weighted by atomic mass is 9.99. The number of aromatic nitrogens is 1. The van der Waals surface area contributed by atoms with Gasteiger partial charge in [-0.25, -0.2) is 0 Å². The number of thiophene rings is 1. The molecule has 2 aromatic heterocycles. The molecule has 4 heterocycles. The van der Waals surface area contributed by atoms with Gasteiger partial charge in [0.2, 0.25) is 0 Å². The number of nitrogens with one attached hydrogen (secondary N) is 1. The molecule has 0 bridgehead atoms. The number of carbonyl (C=O) groups is 1. The number of hydrogen-bond donors (Lipinski definition) is 1. The van der Waals surface area contributed by atoms with Gasteiger partial charge in [-0.1, -0.05) is 24.3 Å². The van der Waals surface area contributed by atoms with Crippen molar-refractivity contribution in [3.05, 3.63) is 76.8 Å². The van der Waals surface area contributed by atoms with Crippen LogP contribution in [0.1, 0.15) is 40.9 Å². The molecule has 2 aliphatic rings. The van der Waals surface area contributed by atoms with Crippen LogP contribution in [0.2, 0.25) is 0 Å². The predicted molar refractivity (Wildman–Crippen MR) is 150 cm³/mol. The van der Waals surface area contributed by atoms with E-state index in [0.29, 0.717) is 11.6 Å². The van der Waals surface area contributed by atoms with Crippen LogP contribution in [-0.4, -0.2) is 36.8 Å². The highest BCUT2D eigenvalue weighted by Crippen LogP contribution is 2.36. The number of para-hydroxylation sites is 1. The second-order valence-electron chi connectivity index (χ2n) is 10.1. The molecule has 0 spiro atoms. The predicted octanol–water partition coefficient (Wildman–Crippen LogP) is 6.25. The summed E-state index contributed by atoms with van der Waals surface area (Å²) in [6, 6.07) is 18.8. The van der Waals surface area contributed by atoms with E-state index in [0.717, 1.165) is 85.9 Å². The van der Waals surface area contributed by atoms with Crippen LogP contribution in [0.25, 0.3) is 10.2 Å². The number of anilines is 2. The lowest BCUT2D eigenvalue weighted by Crippen LogP contribution is -2.30. The van der Waals surface area contributed by atoms with Gasteiger partial charge < -0.3 is 24.3 Å². The Balaban J connectivity index is 1.16. The summed E-state index contributed by atoms with van der Waals surface area (Å²) in [6.07, 6.45) is 4.28. The zero-order valence-corrected chi connectivity index (χ0v) is 22.1. The first-order valence-electron chi connectivity index (χ1n) is 13.2. The first-order chi connectivity index (χ1) is 18.2. The molecule has 7 heteroatoms. The smallest absolute Gasteiger partial charge is 0.272 e. The molecule has 1 saturated heterocycles. The van der Waals surface area contributed by atoms with E-state index in [4.69, 9.17) is 9.47 Å². The molecule has 0 radical (unpaired) electrons. The second-order valence-corrected chi connectivity index (χ2v) is 11.0. The summed E-state index contributed by atoms with van der Waals surface area (Å²) in [7, 11) is 1.95. The maximum Gasteiger partial charge on any atom is 0.272 e. The molecular weight excluding hydrogens is 482 g/mol. The first kappa shape index (κ1) is 24.1. The third kappa shape index (κ3) is 5.11. The summed E-state index contributed by atoms with van der Waals surface area (Å²) in [5, 5.41) is 5.28. The fraction of sp³-hybridized carbons (Fsp3) is 0.367. The van der Waals surface area contributed by atoms with E-state index < -0.39 is 0 Å². The molecule has 1 N–H and O–H groups in total. The third-order valence-electron chi connectivity index (χ3n) is 7.58. The largest absolute Gasteiger partial charge is 0.493 e. The monoisotopic (exact) mass is 515 g/mol. The van der Waals surface area contributed by atoms with Crippen molar-refractivity contribution < 1.29 is 14.3 Å². The van der Waals surface area contributed by atoms with Crippen molar-refractivity contribution in [2.45, 2.75) is 32.2 Å². The van der Waals surface area contributed by atoms with E-state index in [-0.39, 0.29) is 5.91 Å². The summed E-state index contributed by atoms with van der Waals surface area (Å²) in [5.74, 6) is 1.43. The Morgan fingerprint density at radius 2 is 1.97 bits per heavy atom. The van der Waals surface area contributed by atoms with Crippen LogP contribution in [0.3, 0.4) is 0 Å². The van der Waals surface area contributed by atoms with Gasteiger partial charge in [0, 0.05) is 33.4 Å². The van der Waals surface area contributed by atoms with Crippen LogP contribution in [0, 0.1) is 5.92 Å². The van der Waals surface area contributed by atoms with E-state index in [1.165, 1.54) is 11.1 Å². The van der Waals surface area contributed by atoms with E-state index in [1.807, 2.05) is 29.8 Å². The van der Waals surface area contributed by atoms with Crippen molar-refractivity contribution in [1.82, 2.24) is 4.57 Å². The SMILES string of the molecule is Cn1c(C(=O)Nc2cccc3c2N(Cc2ccc(OCC4CCOCC4)cc2)CCC3)cc2sccc21. The van der Waals surface area contributed by atoms with Gasteiger partial charge in [0.1, 0.15) is 11.4 Å². The van der Waals surface area contributed by atoms with Crippen LogP contribution < -0.4 is 15.0 Å². The molecule has 1 amide bonds. The van der Waals surface area contributed by atoms with Crippen molar-refractivity contribution in [1.29, 1.82) is 0 Å². The van der Waals surface area contributed by atoms with E-state index in [1.54, 1.807) is 11.3 Å². The first-order valence-corrected chi connectivity index (χ1v) is 14.0. The fourth-order valence-electron chi connectivity index (χ4n) is 5.49. The van der Waals surface area contributed by atoms with Gasteiger partial charge >= 0.3 is 0 Å². The highest BCUT2D eigenvalue weighted by molar-refractivity contribution is 7.17. The Morgan fingerprint density at radius 1 is 1.14 bits per heavy atom. The lowest BCUT2D eigenvalue weighted by Gasteiger charge is -2.33. The molecule has 0 aliphatic carbocycles. The Bertz CT molecular complexity index is 1390. The molecule has 192 valence electrons. The molecule has 4 aromatic rings. The van der Waals surface area contributed by atoms with Gasteiger partial charge in [-0.3, -0.25) is 4.79 Å². The topological polar surface area (TPSA) is 55.7 Å². The molecule has 2 aromatic carbocycles. The molecule has 6 nitrogen and oxygen atoms in total. The number of nitrogens with zero attached hydrogens (tertiary/aromatic N) is 2. The average Bonchev–Trinajstić information content (AvgIpc) is 3.52. The van der Waals surface area contributed by atoms with Gasteiger partial charge in [-0.2, -0.15) is 0 Å². The van der Waals surface area contributed by atoms with Crippen LogP contribution in [0.15, 0.2) is 60.0 Å². The Hall–Kier alpha value is -3.29. The van der Waals surface area contributed by atoms with Gasteiger partial charge in [0.25, 0.3) is 5.91 Å². The number of hydrogen-bond acceptors (Lipinski definition) is 5. The van der Waals surface area contributed by atoms with Crippen molar-refractivity contribution in [3.63, 3.8) is 0 Å². The number of rotatable bonds is 7. The number of carbonyl (C=O) groups excluding carboxylic acids is 1. The van der Waals surface area contributed by atoms with Gasteiger partial charge in [0.05, 0.1) is 28.2 Å². The number of amides is 1.